The van der Waals surface area contributed by atoms with Crippen molar-refractivity contribution in [1.29, 1.82) is 0 Å². The topological polar surface area (TPSA) is 61.8 Å². The minimum atomic E-state index is -7.54. The Morgan fingerprint density at radius 2 is 0.930 bits per heavy atom. The first kappa shape index (κ1) is 34.3. The zero-order valence-electron chi connectivity index (χ0n) is 22.0. The summed E-state index contributed by atoms with van der Waals surface area (Å²) in [5, 5.41) is -7.15. The van der Waals surface area contributed by atoms with Gasteiger partial charge in [-0.1, -0.05) is 0 Å². The molecular formula is C26H22F10O5S2. The second kappa shape index (κ2) is 12.1. The van der Waals surface area contributed by atoms with Crippen LogP contribution in [0.4, 0.5) is 43.9 Å². The molecule has 238 valence electrons. The first-order chi connectivity index (χ1) is 19.8. The van der Waals surface area contributed by atoms with E-state index in [-0.39, 0.29) is 34.5 Å². The molecule has 0 amide bonds. The Morgan fingerprint density at radius 3 is 1.26 bits per heavy atom. The van der Waals surface area contributed by atoms with Crippen LogP contribution in [0.25, 0.3) is 0 Å². The van der Waals surface area contributed by atoms with Crippen molar-refractivity contribution in [1.82, 2.24) is 0 Å². The van der Waals surface area contributed by atoms with Gasteiger partial charge < -0.3 is 9.47 Å². The van der Waals surface area contributed by atoms with Gasteiger partial charge in [0.05, 0.1) is 13.2 Å². The highest BCUT2D eigenvalue weighted by Crippen LogP contribution is 2.71. The van der Waals surface area contributed by atoms with Crippen LogP contribution in [-0.4, -0.2) is 44.9 Å². The first-order valence-corrected chi connectivity index (χ1v) is 15.0. The van der Waals surface area contributed by atoms with Gasteiger partial charge in [-0.3, -0.25) is 0 Å². The molecule has 3 aromatic carbocycles. The molecule has 0 radical (unpaired) electrons. The lowest BCUT2D eigenvalue weighted by Gasteiger charge is -2.41. The van der Waals surface area contributed by atoms with Crippen LogP contribution in [0.2, 0.25) is 0 Å². The zero-order chi connectivity index (χ0) is 32.5. The Morgan fingerprint density at radius 1 is 0.581 bits per heavy atom. The van der Waals surface area contributed by atoms with Gasteiger partial charge >= 0.3 is 33.4 Å². The SMILES string of the molecule is CCOc1ccc(S(OS(=O)(=O)C(F)(F)C(F)(F)C(F)(F)C(F)(F)F)(c2ccc(F)cc2)c2ccc(OCC)cc2)cc1. The second-order valence-electron chi connectivity index (χ2n) is 8.50. The molecule has 0 fully saturated rings. The van der Waals surface area contributed by atoms with Crippen molar-refractivity contribution in [3.05, 3.63) is 78.6 Å². The van der Waals surface area contributed by atoms with Gasteiger partial charge in [-0.05, 0) is 97.0 Å². The van der Waals surface area contributed by atoms with Crippen LogP contribution < -0.4 is 9.47 Å². The lowest BCUT2D eigenvalue weighted by Crippen LogP contribution is -2.63. The van der Waals surface area contributed by atoms with Crippen molar-refractivity contribution >= 4 is 20.4 Å². The molecule has 0 aliphatic rings. The van der Waals surface area contributed by atoms with Crippen molar-refractivity contribution in [2.45, 2.75) is 51.8 Å². The first-order valence-electron chi connectivity index (χ1n) is 12.0. The van der Waals surface area contributed by atoms with Gasteiger partial charge in [0.25, 0.3) is 0 Å². The highest BCUT2D eigenvalue weighted by molar-refractivity contribution is 8.33. The second-order valence-corrected chi connectivity index (χ2v) is 13.0. The van der Waals surface area contributed by atoms with E-state index in [2.05, 4.69) is 0 Å². The van der Waals surface area contributed by atoms with E-state index < -0.39 is 54.4 Å². The Labute approximate surface area is 241 Å². The summed E-state index contributed by atoms with van der Waals surface area (Å²) in [6, 6.07) is 12.3. The highest BCUT2D eigenvalue weighted by Gasteiger charge is 2.86. The summed E-state index contributed by atoms with van der Waals surface area (Å²) in [4.78, 5) is -1.14. The predicted octanol–water partition coefficient (Wildman–Crippen LogP) is 8.59. The maximum Gasteiger partial charge on any atom is 0.460 e. The molecular weight excluding hydrogens is 646 g/mol. The summed E-state index contributed by atoms with van der Waals surface area (Å²) in [6.07, 6.45) is -7.28. The number of hydrogen-bond donors (Lipinski definition) is 0. The molecule has 3 rings (SSSR count). The van der Waals surface area contributed by atoms with Gasteiger partial charge in [0.1, 0.15) is 17.3 Å². The molecule has 0 unspecified atom stereocenters. The predicted molar refractivity (Wildman–Crippen MR) is 135 cm³/mol. The Bertz CT molecular complexity index is 1440. The number of ether oxygens (including phenoxy) is 2. The molecule has 0 saturated carbocycles. The molecule has 3 aromatic rings. The number of alkyl halides is 9. The molecule has 0 saturated heterocycles. The third-order valence-electron chi connectivity index (χ3n) is 5.70. The normalized spacial score (nSPS) is 14.0. The van der Waals surface area contributed by atoms with E-state index in [4.69, 9.17) is 13.1 Å². The van der Waals surface area contributed by atoms with Crippen LogP contribution in [0.3, 0.4) is 0 Å². The Kier molecular flexibility index (Phi) is 9.63. The number of hydrogen-bond acceptors (Lipinski definition) is 5. The number of halogens is 10. The Balaban J connectivity index is 2.38. The minimum absolute atomic E-state index is 0.147. The molecule has 5 nitrogen and oxygen atoms in total. The molecule has 0 aliphatic carbocycles. The van der Waals surface area contributed by atoms with Crippen molar-refractivity contribution in [3.63, 3.8) is 0 Å². The standard InChI is InChI=1S/C26H22F10O5S2/c1-3-39-18-7-13-21(14-8-18)42(20-11-5-17(27)6-12-20,22-15-9-19(10-16-22)40-4-2)41-43(37,38)26(35,36)24(30,31)23(28,29)25(32,33)34/h5-16H,3-4H2,1-2H3. The van der Waals surface area contributed by atoms with Crippen molar-refractivity contribution in [2.24, 2.45) is 0 Å². The van der Waals surface area contributed by atoms with E-state index in [1.807, 2.05) is 0 Å². The highest BCUT2D eigenvalue weighted by atomic mass is 32.3. The molecule has 0 atom stereocenters. The van der Waals surface area contributed by atoms with Crippen molar-refractivity contribution in [3.8, 4) is 11.5 Å². The van der Waals surface area contributed by atoms with Gasteiger partial charge in [-0.25, -0.2) is 8.02 Å². The number of rotatable bonds is 12. The van der Waals surface area contributed by atoms with Crippen LogP contribution in [0, 0.1) is 5.82 Å². The van der Waals surface area contributed by atoms with Crippen LogP contribution in [0.5, 0.6) is 11.5 Å². The fraction of sp³-hybridized carbons (Fsp3) is 0.308. The van der Waals surface area contributed by atoms with Crippen LogP contribution >= 0.6 is 10.3 Å². The van der Waals surface area contributed by atoms with Crippen LogP contribution in [0.15, 0.2) is 87.5 Å². The van der Waals surface area contributed by atoms with Crippen LogP contribution in [0.1, 0.15) is 13.8 Å². The van der Waals surface area contributed by atoms with Crippen molar-refractivity contribution < 1.29 is 65.4 Å². The Hall–Kier alpha value is -3.18. The quantitative estimate of drug-likeness (QED) is 0.181. The molecule has 17 heteroatoms. The smallest absolute Gasteiger partial charge is 0.460 e. The van der Waals surface area contributed by atoms with E-state index in [9.17, 15) is 52.3 Å². The summed E-state index contributed by atoms with van der Waals surface area (Å²) in [5.41, 5.74) is 0. The zero-order valence-corrected chi connectivity index (χ0v) is 23.6. The fourth-order valence-electron chi connectivity index (χ4n) is 3.64. The maximum atomic E-state index is 14.9. The largest absolute Gasteiger partial charge is 0.494 e. The third kappa shape index (κ3) is 6.11. The van der Waals surface area contributed by atoms with E-state index in [1.54, 1.807) is 13.8 Å². The average Bonchev–Trinajstić information content (AvgIpc) is 2.92. The molecule has 43 heavy (non-hydrogen) atoms. The molecule has 0 aliphatic heterocycles. The maximum absolute atomic E-state index is 14.9. The van der Waals surface area contributed by atoms with Gasteiger partial charge in [-0.15, -0.1) is 0 Å². The lowest BCUT2D eigenvalue weighted by atomic mass is 10.1. The van der Waals surface area contributed by atoms with Gasteiger partial charge in [0, 0.05) is 14.7 Å². The molecule has 0 N–H and O–H groups in total. The summed E-state index contributed by atoms with van der Waals surface area (Å²) in [7, 11) is -11.7. The lowest BCUT2D eigenvalue weighted by molar-refractivity contribution is -0.382. The van der Waals surface area contributed by atoms with Gasteiger partial charge in [0.15, 0.2) is 0 Å². The minimum Gasteiger partial charge on any atom is -0.494 e. The third-order valence-corrected chi connectivity index (χ3v) is 10.9. The van der Waals surface area contributed by atoms with Crippen LogP contribution in [-0.2, 0) is 13.7 Å². The molecule has 0 bridgehead atoms. The summed E-state index contributed by atoms with van der Waals surface area (Å²) in [5.74, 6) is -15.6. The van der Waals surface area contributed by atoms with E-state index in [0.717, 1.165) is 48.5 Å². The van der Waals surface area contributed by atoms with Gasteiger partial charge in [0.2, 0.25) is 0 Å². The fourth-order valence-corrected chi connectivity index (χ4v) is 8.81. The van der Waals surface area contributed by atoms with E-state index >= 15 is 0 Å². The van der Waals surface area contributed by atoms with Crippen molar-refractivity contribution in [2.75, 3.05) is 13.2 Å². The monoisotopic (exact) mass is 668 g/mol. The molecule has 0 heterocycles. The molecule has 0 aromatic heterocycles. The summed E-state index contributed by atoms with van der Waals surface area (Å²) >= 11 is 0. The van der Waals surface area contributed by atoms with E-state index in [1.165, 1.54) is 24.3 Å². The summed E-state index contributed by atoms with van der Waals surface area (Å²) in [6.45, 7) is 3.51. The molecule has 0 spiro atoms. The average molecular weight is 669 g/mol. The van der Waals surface area contributed by atoms with Gasteiger partial charge in [-0.2, -0.15) is 47.9 Å². The number of benzene rings is 3. The summed E-state index contributed by atoms with van der Waals surface area (Å²) < 4.78 is 179. The van der Waals surface area contributed by atoms with E-state index in [0.29, 0.717) is 0 Å².